The Balaban J connectivity index is 2.94. The average Bonchev–Trinajstić information content (AvgIpc) is 2.35. The molecule has 0 radical (unpaired) electrons. The summed E-state index contributed by atoms with van der Waals surface area (Å²) >= 11 is 1.28. The second kappa shape index (κ2) is 6.40. The van der Waals surface area contributed by atoms with Gasteiger partial charge in [0.25, 0.3) is 0 Å². The first-order chi connectivity index (χ1) is 7.70. The Bertz CT molecular complexity index is 385. The molecule has 2 nitrogen and oxygen atoms in total. The molecule has 0 atom stereocenters. The van der Waals surface area contributed by atoms with E-state index in [2.05, 4.69) is 13.2 Å². The van der Waals surface area contributed by atoms with Gasteiger partial charge in [0.05, 0.1) is 13.7 Å². The molecule has 0 saturated carbocycles. The molecule has 0 spiro atoms. The molecule has 1 aromatic carbocycles. The van der Waals surface area contributed by atoms with Crippen LogP contribution in [-0.2, 0) is 8.92 Å². The van der Waals surface area contributed by atoms with Crippen LogP contribution in [0.3, 0.4) is 0 Å². The van der Waals surface area contributed by atoms with E-state index in [-0.39, 0.29) is 0 Å². The topological polar surface area (TPSA) is 18.5 Å². The second-order valence-electron chi connectivity index (χ2n) is 3.09. The summed E-state index contributed by atoms with van der Waals surface area (Å²) in [6.45, 7) is 10.4. The molecule has 0 N–H and O–H groups in total. The number of ether oxygens (including phenoxy) is 1. The minimum absolute atomic E-state index is 0.633. The summed E-state index contributed by atoms with van der Waals surface area (Å²) in [7, 11) is 1.61. The average molecular weight is 236 g/mol. The molecule has 0 saturated heterocycles. The zero-order valence-electron chi connectivity index (χ0n) is 9.66. The zero-order chi connectivity index (χ0) is 12.0. The largest absolute Gasteiger partial charge is 0.497 e. The maximum atomic E-state index is 5.26. The minimum atomic E-state index is 0.633. The van der Waals surface area contributed by atoms with E-state index in [4.69, 9.17) is 8.92 Å². The molecule has 86 valence electrons. The summed E-state index contributed by atoms with van der Waals surface area (Å²) in [6.07, 6.45) is 0. The molecular weight excluding hydrogens is 220 g/mol. The van der Waals surface area contributed by atoms with Crippen molar-refractivity contribution >= 4 is 22.7 Å². The molecule has 0 bridgehead atoms. The fourth-order valence-corrected chi connectivity index (χ4v) is 1.78. The molecule has 0 aliphatic carbocycles. The van der Waals surface area contributed by atoms with Gasteiger partial charge >= 0.3 is 0 Å². The molecule has 0 aliphatic heterocycles. The first kappa shape index (κ1) is 12.9. The van der Waals surface area contributed by atoms with Gasteiger partial charge < -0.3 is 8.92 Å². The summed E-state index contributed by atoms with van der Waals surface area (Å²) < 4.78 is 10.4. The second-order valence-corrected chi connectivity index (χ2v) is 3.98. The Kier molecular flexibility index (Phi) is 5.15. The van der Waals surface area contributed by atoms with Crippen LogP contribution in [0, 0.1) is 0 Å². The van der Waals surface area contributed by atoms with Crippen LogP contribution in [0.2, 0.25) is 0 Å². The van der Waals surface area contributed by atoms with Crippen molar-refractivity contribution in [2.75, 3.05) is 13.7 Å². The lowest BCUT2D eigenvalue weighted by Gasteiger charge is -2.12. The predicted octanol–water partition coefficient (Wildman–Crippen LogP) is 3.96. The van der Waals surface area contributed by atoms with E-state index < -0.39 is 0 Å². The van der Waals surface area contributed by atoms with Gasteiger partial charge in [-0.05, 0) is 6.92 Å². The smallest absolute Gasteiger partial charge is 0.119 e. The van der Waals surface area contributed by atoms with E-state index in [0.29, 0.717) is 12.4 Å². The van der Waals surface area contributed by atoms with E-state index in [9.17, 15) is 0 Å². The van der Waals surface area contributed by atoms with Gasteiger partial charge in [-0.3, -0.25) is 0 Å². The van der Waals surface area contributed by atoms with Crippen molar-refractivity contribution in [3.8, 4) is 0 Å². The van der Waals surface area contributed by atoms with Crippen LogP contribution in [0.25, 0.3) is 10.7 Å². The van der Waals surface area contributed by atoms with Gasteiger partial charge in [0.15, 0.2) is 0 Å². The Morgan fingerprint density at radius 2 is 1.88 bits per heavy atom. The lowest BCUT2D eigenvalue weighted by Crippen LogP contribution is -1.92. The van der Waals surface area contributed by atoms with Crippen molar-refractivity contribution in [2.24, 2.45) is 0 Å². The minimum Gasteiger partial charge on any atom is -0.497 e. The SMILES string of the molecule is C=C(OC)c1ccccc1C(=C)SOCC. The van der Waals surface area contributed by atoms with Crippen LogP contribution in [0.5, 0.6) is 0 Å². The third kappa shape index (κ3) is 3.15. The normalized spacial score (nSPS) is 9.88. The monoisotopic (exact) mass is 236 g/mol. The molecular formula is C13H16O2S. The molecule has 0 heterocycles. The van der Waals surface area contributed by atoms with Gasteiger partial charge in [-0.25, -0.2) is 0 Å². The van der Waals surface area contributed by atoms with Crippen molar-refractivity contribution in [2.45, 2.75) is 6.92 Å². The van der Waals surface area contributed by atoms with Crippen molar-refractivity contribution in [1.82, 2.24) is 0 Å². The van der Waals surface area contributed by atoms with E-state index >= 15 is 0 Å². The highest BCUT2D eigenvalue weighted by Crippen LogP contribution is 2.31. The lowest BCUT2D eigenvalue weighted by atomic mass is 10.1. The van der Waals surface area contributed by atoms with Crippen LogP contribution >= 0.6 is 12.0 Å². The third-order valence-electron chi connectivity index (χ3n) is 2.05. The van der Waals surface area contributed by atoms with Crippen LogP contribution in [0.15, 0.2) is 37.4 Å². The molecule has 16 heavy (non-hydrogen) atoms. The highest BCUT2D eigenvalue weighted by atomic mass is 32.2. The standard InChI is InChI=1S/C13H16O2S/c1-5-15-16-11(3)13-9-7-6-8-12(13)10(2)14-4/h6-9H,2-3,5H2,1,4H3. The highest BCUT2D eigenvalue weighted by molar-refractivity contribution is 8.04. The van der Waals surface area contributed by atoms with Crippen molar-refractivity contribution < 1.29 is 8.92 Å². The lowest BCUT2D eigenvalue weighted by molar-refractivity contribution is 0.371. The highest BCUT2D eigenvalue weighted by Gasteiger charge is 2.09. The maximum Gasteiger partial charge on any atom is 0.119 e. The third-order valence-corrected chi connectivity index (χ3v) is 2.83. The van der Waals surface area contributed by atoms with Crippen molar-refractivity contribution in [3.05, 3.63) is 48.6 Å². The van der Waals surface area contributed by atoms with Gasteiger partial charge in [-0.15, -0.1) is 0 Å². The van der Waals surface area contributed by atoms with Crippen LogP contribution in [0.4, 0.5) is 0 Å². The molecule has 1 rings (SSSR count). The molecule has 0 amide bonds. The van der Waals surface area contributed by atoms with Gasteiger partial charge in [0, 0.05) is 28.1 Å². The number of methoxy groups -OCH3 is 1. The summed E-state index contributed by atoms with van der Waals surface area (Å²) in [6, 6.07) is 7.84. The van der Waals surface area contributed by atoms with E-state index in [1.165, 1.54) is 12.0 Å². The molecule has 0 fully saturated rings. The Hall–Kier alpha value is -1.19. The van der Waals surface area contributed by atoms with E-state index in [1.807, 2.05) is 31.2 Å². The van der Waals surface area contributed by atoms with Crippen LogP contribution in [-0.4, -0.2) is 13.7 Å². The van der Waals surface area contributed by atoms with Gasteiger partial charge in [0.1, 0.15) is 5.76 Å². The molecule has 0 aliphatic rings. The molecule has 3 heteroatoms. The zero-order valence-corrected chi connectivity index (χ0v) is 10.5. The van der Waals surface area contributed by atoms with Gasteiger partial charge in [0.2, 0.25) is 0 Å². The number of hydrogen-bond donors (Lipinski definition) is 0. The van der Waals surface area contributed by atoms with E-state index in [1.54, 1.807) is 7.11 Å². The Morgan fingerprint density at radius 3 is 2.44 bits per heavy atom. The fraction of sp³-hybridized carbons (Fsp3) is 0.231. The van der Waals surface area contributed by atoms with E-state index in [0.717, 1.165) is 16.0 Å². The van der Waals surface area contributed by atoms with Gasteiger partial charge in [-0.1, -0.05) is 37.4 Å². The first-order valence-corrected chi connectivity index (χ1v) is 5.75. The Morgan fingerprint density at radius 1 is 1.25 bits per heavy atom. The molecule has 0 unspecified atom stereocenters. The van der Waals surface area contributed by atoms with Crippen molar-refractivity contribution in [1.29, 1.82) is 0 Å². The van der Waals surface area contributed by atoms with Gasteiger partial charge in [-0.2, -0.15) is 0 Å². The Labute approximate surface area is 101 Å². The van der Waals surface area contributed by atoms with Crippen molar-refractivity contribution in [3.63, 3.8) is 0 Å². The summed E-state index contributed by atoms with van der Waals surface area (Å²) in [4.78, 5) is 0.857. The number of hydrogen-bond acceptors (Lipinski definition) is 3. The fourth-order valence-electron chi connectivity index (χ4n) is 1.25. The first-order valence-electron chi connectivity index (χ1n) is 5.01. The number of rotatable bonds is 6. The molecule has 1 aromatic rings. The van der Waals surface area contributed by atoms with Crippen LogP contribution < -0.4 is 0 Å². The quantitative estimate of drug-likeness (QED) is 0.550. The summed E-state index contributed by atoms with van der Waals surface area (Å²) in [5, 5.41) is 0. The number of benzene rings is 1. The van der Waals surface area contributed by atoms with Crippen LogP contribution in [0.1, 0.15) is 18.1 Å². The summed E-state index contributed by atoms with van der Waals surface area (Å²) in [5.41, 5.74) is 1.94. The maximum absolute atomic E-state index is 5.26. The molecule has 0 aromatic heterocycles. The summed E-state index contributed by atoms with van der Waals surface area (Å²) in [5.74, 6) is 0.633. The predicted molar refractivity (Wildman–Crippen MR) is 70.7 cm³/mol.